The fourth-order valence-corrected chi connectivity index (χ4v) is 2.20. The molecule has 0 spiro atoms. The van der Waals surface area contributed by atoms with Crippen molar-refractivity contribution in [2.24, 2.45) is 0 Å². The van der Waals surface area contributed by atoms with E-state index in [1.165, 1.54) is 10.8 Å². The van der Waals surface area contributed by atoms with Gasteiger partial charge in [0.15, 0.2) is 16.8 Å². The molecule has 112 valence electrons. The molecule has 8 heteroatoms. The van der Waals surface area contributed by atoms with Crippen molar-refractivity contribution < 1.29 is 18.3 Å². The number of aromatic nitrogens is 3. The number of hydrogen-bond donors (Lipinski definition) is 1. The van der Waals surface area contributed by atoms with Crippen molar-refractivity contribution in [3.63, 3.8) is 0 Å². The van der Waals surface area contributed by atoms with Crippen molar-refractivity contribution in [3.05, 3.63) is 42.2 Å². The first-order valence-electron chi connectivity index (χ1n) is 6.31. The molecule has 0 saturated heterocycles. The highest BCUT2D eigenvalue weighted by Gasteiger charge is 2.24. The lowest BCUT2D eigenvalue weighted by molar-refractivity contribution is 0.0516. The Hall–Kier alpha value is -2.06. The van der Waals surface area contributed by atoms with E-state index in [2.05, 4.69) is 9.97 Å². The Kier molecular flexibility index (Phi) is 4.81. The monoisotopic (exact) mass is 309 g/mol. The molecule has 0 saturated carbocycles. The Balaban J connectivity index is 2.58. The van der Waals surface area contributed by atoms with E-state index in [1.807, 2.05) is 0 Å². The van der Waals surface area contributed by atoms with Crippen LogP contribution in [0.1, 0.15) is 35.4 Å². The number of carbonyl (C=O) groups excluding carboxylic acids is 1. The second-order valence-corrected chi connectivity index (χ2v) is 5.45. The van der Waals surface area contributed by atoms with E-state index in [-0.39, 0.29) is 12.3 Å². The fraction of sp³-hybridized carbons (Fsp3) is 0.308. The smallest absolute Gasteiger partial charge is 0.356 e. The van der Waals surface area contributed by atoms with E-state index in [0.29, 0.717) is 11.5 Å². The third-order valence-electron chi connectivity index (χ3n) is 2.84. The minimum Gasteiger partial charge on any atom is -0.461 e. The summed E-state index contributed by atoms with van der Waals surface area (Å²) in [6, 6.07) is 3.43. The van der Waals surface area contributed by atoms with Crippen LogP contribution in [0, 0.1) is 0 Å². The van der Waals surface area contributed by atoms with Crippen LogP contribution in [0.5, 0.6) is 0 Å². The number of carbonyl (C=O) groups is 1. The Morgan fingerprint density at radius 2 is 2.29 bits per heavy atom. The van der Waals surface area contributed by atoms with Gasteiger partial charge in [0.2, 0.25) is 0 Å². The number of rotatable bonds is 5. The van der Waals surface area contributed by atoms with E-state index in [4.69, 9.17) is 4.74 Å². The van der Waals surface area contributed by atoms with Crippen LogP contribution in [0.3, 0.4) is 0 Å². The van der Waals surface area contributed by atoms with Crippen LogP contribution in [0.2, 0.25) is 0 Å². The van der Waals surface area contributed by atoms with E-state index in [9.17, 15) is 13.6 Å². The first kappa shape index (κ1) is 15.3. The molecule has 0 aromatic carbocycles. The van der Waals surface area contributed by atoms with Gasteiger partial charge in [0.25, 0.3) is 0 Å². The standard InChI is InChI=1S/C13H15N3O4S/c1-3-20-13(17)11-8-15-12(9(2)21(18)19)16(11)10-5-4-6-14-7-10/h4-9H,3H2,1-2H3,(H,18,19). The molecule has 2 aromatic heterocycles. The summed E-state index contributed by atoms with van der Waals surface area (Å²) in [6.45, 7) is 3.49. The Morgan fingerprint density at radius 3 is 2.86 bits per heavy atom. The minimum absolute atomic E-state index is 0.192. The molecule has 0 fully saturated rings. The molecule has 1 N–H and O–H groups in total. The lowest BCUT2D eigenvalue weighted by Gasteiger charge is -2.13. The number of pyridine rings is 1. The van der Waals surface area contributed by atoms with Crippen molar-refractivity contribution in [1.29, 1.82) is 0 Å². The highest BCUT2D eigenvalue weighted by Crippen LogP contribution is 2.23. The summed E-state index contributed by atoms with van der Waals surface area (Å²) in [6.07, 6.45) is 4.47. The van der Waals surface area contributed by atoms with Crippen molar-refractivity contribution in [1.82, 2.24) is 14.5 Å². The first-order valence-corrected chi connectivity index (χ1v) is 7.48. The van der Waals surface area contributed by atoms with Gasteiger partial charge in [-0.2, -0.15) is 0 Å². The average Bonchev–Trinajstić information content (AvgIpc) is 2.92. The fourth-order valence-electron chi connectivity index (χ4n) is 1.85. The van der Waals surface area contributed by atoms with Gasteiger partial charge in [-0.05, 0) is 26.0 Å². The second kappa shape index (κ2) is 6.59. The zero-order chi connectivity index (χ0) is 15.4. The number of esters is 1. The molecule has 2 aromatic rings. The van der Waals surface area contributed by atoms with Crippen molar-refractivity contribution in [3.8, 4) is 5.69 Å². The molecule has 0 radical (unpaired) electrons. The first-order chi connectivity index (χ1) is 10.1. The third-order valence-corrected chi connectivity index (χ3v) is 3.66. The molecule has 2 heterocycles. The third kappa shape index (κ3) is 3.17. The molecule has 2 unspecified atom stereocenters. The predicted octanol–water partition coefficient (Wildman–Crippen LogP) is 1.73. The van der Waals surface area contributed by atoms with Crippen LogP contribution in [0.25, 0.3) is 5.69 Å². The quantitative estimate of drug-likeness (QED) is 0.667. The Bertz CT molecular complexity index is 657. The molecule has 7 nitrogen and oxygen atoms in total. The van der Waals surface area contributed by atoms with Crippen LogP contribution in [-0.2, 0) is 15.8 Å². The highest BCUT2D eigenvalue weighted by atomic mass is 32.2. The maximum atomic E-state index is 12.0. The molecule has 0 aliphatic rings. The minimum atomic E-state index is -2.10. The number of hydrogen-bond acceptors (Lipinski definition) is 5. The molecular weight excluding hydrogens is 294 g/mol. The normalized spacial score (nSPS) is 13.7. The average molecular weight is 309 g/mol. The summed E-state index contributed by atoms with van der Waals surface area (Å²) in [4.78, 5) is 20.1. The van der Waals surface area contributed by atoms with Gasteiger partial charge in [-0.25, -0.2) is 14.0 Å². The molecule has 0 aliphatic carbocycles. The van der Waals surface area contributed by atoms with Gasteiger partial charge in [-0.3, -0.25) is 9.55 Å². The van der Waals surface area contributed by atoms with E-state index >= 15 is 0 Å². The summed E-state index contributed by atoms with van der Waals surface area (Å²) in [5.41, 5.74) is 0.766. The van der Waals surface area contributed by atoms with Crippen molar-refractivity contribution in [2.75, 3.05) is 6.61 Å². The Labute approximate surface area is 124 Å². The van der Waals surface area contributed by atoms with E-state index in [0.717, 1.165) is 0 Å². The van der Waals surface area contributed by atoms with Gasteiger partial charge in [0, 0.05) is 6.20 Å². The zero-order valence-corrected chi connectivity index (χ0v) is 12.4. The largest absolute Gasteiger partial charge is 0.461 e. The molecule has 0 amide bonds. The predicted molar refractivity (Wildman–Crippen MR) is 76.5 cm³/mol. The van der Waals surface area contributed by atoms with Crippen LogP contribution in [-0.4, -0.2) is 35.9 Å². The number of nitrogens with zero attached hydrogens (tertiary/aromatic N) is 3. The number of imidazole rings is 1. The number of ether oxygens (including phenoxy) is 1. The molecule has 2 atom stereocenters. The van der Waals surface area contributed by atoms with Gasteiger partial charge in [0.05, 0.1) is 24.7 Å². The van der Waals surface area contributed by atoms with Gasteiger partial charge < -0.3 is 9.29 Å². The van der Waals surface area contributed by atoms with Gasteiger partial charge >= 0.3 is 5.97 Å². The lowest BCUT2D eigenvalue weighted by atomic mass is 10.3. The van der Waals surface area contributed by atoms with Crippen LogP contribution in [0.15, 0.2) is 30.7 Å². The topological polar surface area (TPSA) is 94.3 Å². The van der Waals surface area contributed by atoms with Gasteiger partial charge in [0.1, 0.15) is 11.1 Å². The summed E-state index contributed by atoms with van der Waals surface area (Å²) in [5.74, 6) is -0.247. The van der Waals surface area contributed by atoms with Crippen molar-refractivity contribution >= 4 is 17.0 Å². The maximum absolute atomic E-state index is 12.0. The molecule has 0 bridgehead atoms. The highest BCUT2D eigenvalue weighted by molar-refractivity contribution is 7.79. The Morgan fingerprint density at radius 1 is 1.52 bits per heavy atom. The molecule has 21 heavy (non-hydrogen) atoms. The second-order valence-electron chi connectivity index (χ2n) is 4.19. The maximum Gasteiger partial charge on any atom is 0.356 e. The van der Waals surface area contributed by atoms with Crippen LogP contribution >= 0.6 is 0 Å². The summed E-state index contributed by atoms with van der Waals surface area (Å²) in [7, 11) is 0. The summed E-state index contributed by atoms with van der Waals surface area (Å²) >= 11 is -2.10. The van der Waals surface area contributed by atoms with Gasteiger partial charge in [-0.1, -0.05) is 0 Å². The SMILES string of the molecule is CCOC(=O)c1cnc(C(C)S(=O)O)n1-c1cccnc1. The molecule has 0 aliphatic heterocycles. The molecule has 2 rings (SSSR count). The summed E-state index contributed by atoms with van der Waals surface area (Å²) < 4.78 is 27.1. The zero-order valence-electron chi connectivity index (χ0n) is 11.6. The van der Waals surface area contributed by atoms with E-state index < -0.39 is 22.3 Å². The van der Waals surface area contributed by atoms with Crippen LogP contribution < -0.4 is 0 Å². The van der Waals surface area contributed by atoms with Crippen LogP contribution in [0.4, 0.5) is 0 Å². The summed E-state index contributed by atoms with van der Waals surface area (Å²) in [5, 5.41) is -0.756. The molecular formula is C13H15N3O4S. The van der Waals surface area contributed by atoms with Crippen molar-refractivity contribution in [2.45, 2.75) is 19.1 Å². The van der Waals surface area contributed by atoms with Gasteiger partial charge in [-0.15, -0.1) is 0 Å². The van der Waals surface area contributed by atoms with E-state index in [1.54, 1.807) is 38.4 Å². The lowest BCUT2D eigenvalue weighted by Crippen LogP contribution is -2.15.